The Labute approximate surface area is 70.4 Å². The van der Waals surface area contributed by atoms with Crippen molar-refractivity contribution in [2.75, 3.05) is 0 Å². The minimum absolute atomic E-state index is 1.05. The third kappa shape index (κ3) is 1.11. The Hall–Kier alpha value is 0. The summed E-state index contributed by atoms with van der Waals surface area (Å²) in [7, 11) is 0. The summed E-state index contributed by atoms with van der Waals surface area (Å²) in [6.07, 6.45) is 7.59. The second-order valence-corrected chi connectivity index (χ2v) is 4.64. The first-order valence-corrected chi connectivity index (χ1v) is 5.33. The summed E-state index contributed by atoms with van der Waals surface area (Å²) in [5, 5.41) is 0. The van der Waals surface area contributed by atoms with Gasteiger partial charge >= 0.3 is 0 Å². The van der Waals surface area contributed by atoms with Crippen LogP contribution in [0.1, 0.15) is 46.0 Å². The fraction of sp³-hybridized carbons (Fsp3) is 1.00. The molecule has 0 aromatic heterocycles. The van der Waals surface area contributed by atoms with Gasteiger partial charge in [-0.25, -0.2) is 0 Å². The average molecular weight is 152 g/mol. The van der Waals surface area contributed by atoms with E-state index >= 15 is 0 Å². The second kappa shape index (κ2) is 2.80. The molecule has 0 aliphatic heterocycles. The van der Waals surface area contributed by atoms with Gasteiger partial charge in [0, 0.05) is 0 Å². The Morgan fingerprint density at radius 2 is 1.91 bits per heavy atom. The topological polar surface area (TPSA) is 0 Å². The lowest BCUT2D eigenvalue weighted by Gasteiger charge is -2.16. The minimum atomic E-state index is 1.05. The van der Waals surface area contributed by atoms with E-state index in [2.05, 4.69) is 13.8 Å². The van der Waals surface area contributed by atoms with Crippen LogP contribution < -0.4 is 0 Å². The molecule has 0 heteroatoms. The molecular weight excluding hydrogens is 132 g/mol. The Morgan fingerprint density at radius 3 is 2.64 bits per heavy atom. The van der Waals surface area contributed by atoms with E-state index < -0.39 is 0 Å². The summed E-state index contributed by atoms with van der Waals surface area (Å²) in [6, 6.07) is 0. The molecule has 0 aromatic rings. The van der Waals surface area contributed by atoms with Crippen LogP contribution in [0.25, 0.3) is 0 Å². The Morgan fingerprint density at radius 1 is 1.18 bits per heavy atom. The van der Waals surface area contributed by atoms with Gasteiger partial charge in [-0.2, -0.15) is 0 Å². The van der Waals surface area contributed by atoms with Gasteiger partial charge in [-0.1, -0.05) is 26.7 Å². The third-order valence-corrected chi connectivity index (χ3v) is 4.16. The molecule has 2 aliphatic rings. The lowest BCUT2D eigenvalue weighted by Crippen LogP contribution is -2.08. The monoisotopic (exact) mass is 152 g/mol. The number of rotatable bonds is 1. The van der Waals surface area contributed by atoms with E-state index in [0.29, 0.717) is 0 Å². The highest BCUT2D eigenvalue weighted by atomic mass is 14.5. The van der Waals surface area contributed by atoms with Crippen LogP contribution in [0.5, 0.6) is 0 Å². The van der Waals surface area contributed by atoms with Crippen LogP contribution in [-0.4, -0.2) is 0 Å². The second-order valence-electron chi connectivity index (χ2n) is 4.64. The Bertz CT molecular complexity index is 139. The molecule has 4 atom stereocenters. The molecule has 0 aromatic carbocycles. The molecule has 11 heavy (non-hydrogen) atoms. The van der Waals surface area contributed by atoms with E-state index in [-0.39, 0.29) is 0 Å². The number of fused-ring (bicyclic) bond motifs is 1. The highest BCUT2D eigenvalue weighted by Crippen LogP contribution is 2.51. The molecule has 0 saturated heterocycles. The van der Waals surface area contributed by atoms with Gasteiger partial charge in [0.05, 0.1) is 0 Å². The third-order valence-electron chi connectivity index (χ3n) is 4.16. The zero-order valence-electron chi connectivity index (χ0n) is 7.84. The molecule has 2 aliphatic carbocycles. The van der Waals surface area contributed by atoms with Crippen LogP contribution in [0, 0.1) is 23.7 Å². The van der Waals surface area contributed by atoms with Crippen LogP contribution >= 0.6 is 0 Å². The predicted molar refractivity (Wildman–Crippen MR) is 48.4 cm³/mol. The zero-order chi connectivity index (χ0) is 7.84. The molecule has 4 unspecified atom stereocenters. The SMILES string of the molecule is CCC1CC(C)C2CCCC12. The van der Waals surface area contributed by atoms with E-state index in [1.54, 1.807) is 12.8 Å². The lowest BCUT2D eigenvalue weighted by molar-refractivity contribution is 0.333. The van der Waals surface area contributed by atoms with Gasteiger partial charge in [-0.15, -0.1) is 0 Å². The first-order chi connectivity index (χ1) is 5.33. The maximum absolute atomic E-state index is 2.47. The van der Waals surface area contributed by atoms with E-state index in [4.69, 9.17) is 0 Å². The molecule has 2 saturated carbocycles. The van der Waals surface area contributed by atoms with Crippen LogP contribution in [0.3, 0.4) is 0 Å². The standard InChI is InChI=1S/C11H20/c1-3-9-7-8(2)10-5-4-6-11(9)10/h8-11H,3-7H2,1-2H3. The highest BCUT2D eigenvalue weighted by Gasteiger charge is 2.42. The van der Waals surface area contributed by atoms with Crippen LogP contribution in [0.2, 0.25) is 0 Å². The molecule has 0 radical (unpaired) electrons. The van der Waals surface area contributed by atoms with Gasteiger partial charge in [0.15, 0.2) is 0 Å². The van der Waals surface area contributed by atoms with E-state index in [9.17, 15) is 0 Å². The van der Waals surface area contributed by atoms with Crippen LogP contribution in [-0.2, 0) is 0 Å². The van der Waals surface area contributed by atoms with E-state index in [0.717, 1.165) is 23.7 Å². The van der Waals surface area contributed by atoms with Crippen LogP contribution in [0.4, 0.5) is 0 Å². The highest BCUT2D eigenvalue weighted by molar-refractivity contribution is 4.92. The van der Waals surface area contributed by atoms with E-state index in [1.807, 2.05) is 0 Å². The maximum atomic E-state index is 2.47. The van der Waals surface area contributed by atoms with Gasteiger partial charge in [0.1, 0.15) is 0 Å². The van der Waals surface area contributed by atoms with Crippen molar-refractivity contribution in [1.29, 1.82) is 0 Å². The average Bonchev–Trinajstić information content (AvgIpc) is 2.54. The summed E-state index contributed by atoms with van der Waals surface area (Å²) in [5.41, 5.74) is 0. The number of hydrogen-bond donors (Lipinski definition) is 0. The summed E-state index contributed by atoms with van der Waals surface area (Å²) in [6.45, 7) is 4.84. The first-order valence-electron chi connectivity index (χ1n) is 5.33. The van der Waals surface area contributed by atoms with E-state index in [1.165, 1.54) is 19.3 Å². The van der Waals surface area contributed by atoms with Crippen molar-refractivity contribution in [2.24, 2.45) is 23.7 Å². The molecule has 2 rings (SSSR count). The summed E-state index contributed by atoms with van der Waals surface area (Å²) in [5.74, 6) is 4.40. The summed E-state index contributed by atoms with van der Waals surface area (Å²) in [4.78, 5) is 0. The summed E-state index contributed by atoms with van der Waals surface area (Å²) < 4.78 is 0. The molecule has 0 bridgehead atoms. The van der Waals surface area contributed by atoms with Gasteiger partial charge in [-0.05, 0) is 42.9 Å². The first kappa shape index (κ1) is 7.64. The molecule has 0 nitrogen and oxygen atoms in total. The predicted octanol–water partition coefficient (Wildman–Crippen LogP) is 3.47. The van der Waals surface area contributed by atoms with Crippen molar-refractivity contribution in [3.63, 3.8) is 0 Å². The van der Waals surface area contributed by atoms with Crippen molar-refractivity contribution in [3.8, 4) is 0 Å². The fourth-order valence-corrected chi connectivity index (χ4v) is 3.61. The molecule has 64 valence electrons. The Kier molecular flexibility index (Phi) is 1.95. The largest absolute Gasteiger partial charge is 0.0651 e. The van der Waals surface area contributed by atoms with Gasteiger partial charge in [0.2, 0.25) is 0 Å². The minimum Gasteiger partial charge on any atom is -0.0651 e. The molecule has 0 heterocycles. The quantitative estimate of drug-likeness (QED) is 0.539. The number of hydrogen-bond acceptors (Lipinski definition) is 0. The summed E-state index contributed by atoms with van der Waals surface area (Å²) >= 11 is 0. The normalized spacial score (nSPS) is 49.6. The van der Waals surface area contributed by atoms with Crippen molar-refractivity contribution in [1.82, 2.24) is 0 Å². The Balaban J connectivity index is 2.07. The van der Waals surface area contributed by atoms with Crippen molar-refractivity contribution in [2.45, 2.75) is 46.0 Å². The van der Waals surface area contributed by atoms with Crippen LogP contribution in [0.15, 0.2) is 0 Å². The lowest BCUT2D eigenvalue weighted by atomic mass is 9.90. The van der Waals surface area contributed by atoms with Gasteiger partial charge < -0.3 is 0 Å². The molecule has 2 fully saturated rings. The molecular formula is C11H20. The molecule has 0 spiro atoms. The van der Waals surface area contributed by atoms with Crippen molar-refractivity contribution >= 4 is 0 Å². The smallest absolute Gasteiger partial charge is 0.0355 e. The van der Waals surface area contributed by atoms with Crippen molar-refractivity contribution < 1.29 is 0 Å². The maximum Gasteiger partial charge on any atom is -0.0355 e. The molecule has 0 N–H and O–H groups in total. The zero-order valence-corrected chi connectivity index (χ0v) is 7.84. The molecule has 0 amide bonds. The van der Waals surface area contributed by atoms with Crippen molar-refractivity contribution in [3.05, 3.63) is 0 Å². The fourth-order valence-electron chi connectivity index (χ4n) is 3.61. The van der Waals surface area contributed by atoms with Gasteiger partial charge in [-0.3, -0.25) is 0 Å². The van der Waals surface area contributed by atoms with Gasteiger partial charge in [0.25, 0.3) is 0 Å².